The third-order valence-electron chi connectivity index (χ3n) is 8.93. The van der Waals surface area contributed by atoms with Gasteiger partial charge in [-0.2, -0.15) is 5.10 Å². The zero-order valence-electron chi connectivity index (χ0n) is 22.9. The van der Waals surface area contributed by atoms with Gasteiger partial charge >= 0.3 is 0 Å². The number of carbonyl (C=O) groups excluding carboxylic acids is 1. The van der Waals surface area contributed by atoms with Gasteiger partial charge in [-0.25, -0.2) is 4.98 Å². The highest BCUT2D eigenvalue weighted by Gasteiger charge is 2.46. The lowest BCUT2D eigenvalue weighted by Crippen LogP contribution is -2.56. The quantitative estimate of drug-likeness (QED) is 0.438. The molecule has 1 saturated carbocycles. The zero-order valence-corrected chi connectivity index (χ0v) is 23.7. The molecule has 2 aliphatic heterocycles. The van der Waals surface area contributed by atoms with E-state index in [1.54, 1.807) is 6.20 Å². The average Bonchev–Trinajstić information content (AvgIpc) is 3.46. The maximum atomic E-state index is 13.1. The number of ether oxygens (including phenoxy) is 1. The van der Waals surface area contributed by atoms with Crippen LogP contribution in [0.4, 0.5) is 5.82 Å². The smallest absolute Gasteiger partial charge is 0.229 e. The van der Waals surface area contributed by atoms with Crippen LogP contribution in [0, 0.1) is 11.8 Å². The second-order valence-corrected chi connectivity index (χ2v) is 12.6. The Balaban J connectivity index is 1.13. The average molecular weight is 552 g/mol. The third kappa shape index (κ3) is 5.20. The highest BCUT2D eigenvalue weighted by atomic mass is 35.5. The molecule has 2 unspecified atom stereocenters. The molecule has 3 fully saturated rings. The van der Waals surface area contributed by atoms with Crippen LogP contribution in [0.5, 0.6) is 0 Å². The Morgan fingerprint density at radius 2 is 2.05 bits per heavy atom. The third-order valence-corrected chi connectivity index (χ3v) is 9.26. The molecule has 2 saturated heterocycles. The molecule has 208 valence electrons. The van der Waals surface area contributed by atoms with E-state index in [1.807, 2.05) is 29.1 Å². The fourth-order valence-electron chi connectivity index (χ4n) is 6.41. The number of hydrogen-bond donors (Lipinski definition) is 2. The Hall–Kier alpha value is -2.52. The number of rotatable bonds is 7. The Morgan fingerprint density at radius 3 is 2.77 bits per heavy atom. The lowest BCUT2D eigenvalue weighted by Gasteiger charge is -2.43. The molecule has 9 heteroatoms. The SMILES string of the molecule is CC(C)Cn1nccc1C1CC1C(=O)Nc1cc2cc(C3CCN([C@@]4(C)COC[C@H]4O)CC3)c(Cl)cc2cn1. The molecule has 1 aliphatic carbocycles. The number of aromatic nitrogens is 3. The van der Waals surface area contributed by atoms with Gasteiger partial charge in [0.05, 0.1) is 24.9 Å². The number of amides is 1. The predicted octanol–water partition coefficient (Wildman–Crippen LogP) is 4.81. The molecule has 3 aliphatic rings. The van der Waals surface area contributed by atoms with Gasteiger partial charge in [-0.1, -0.05) is 25.4 Å². The van der Waals surface area contributed by atoms with E-state index >= 15 is 0 Å². The standard InChI is InChI=1S/C30H38ClN5O3/c1-18(2)15-36-26(4-7-33-36)23-13-24(23)29(38)34-28-12-20-10-22(25(31)11-21(20)14-32-28)19-5-8-35(9-6-19)30(3)17-39-16-27(30)37/h4,7,10-12,14,18-19,23-24,27,37H,5-6,8-9,13,15-17H2,1-3H3,(H,32,34,38)/t23?,24?,27-,30+/m1/s1. The molecule has 3 aromatic rings. The second kappa shape index (κ2) is 10.5. The van der Waals surface area contributed by atoms with Crippen LogP contribution < -0.4 is 5.32 Å². The number of carbonyl (C=O) groups is 1. The summed E-state index contributed by atoms with van der Waals surface area (Å²) in [5.74, 6) is 1.58. The van der Waals surface area contributed by atoms with Gasteiger partial charge in [0.2, 0.25) is 5.91 Å². The molecule has 6 rings (SSSR count). The Labute approximate surface area is 234 Å². The minimum absolute atomic E-state index is 0.0114. The highest BCUT2D eigenvalue weighted by Crippen LogP contribution is 2.48. The molecular formula is C30H38ClN5O3. The van der Waals surface area contributed by atoms with E-state index in [0.29, 0.717) is 30.9 Å². The Kier molecular flexibility index (Phi) is 7.16. The number of nitrogens with zero attached hydrogens (tertiary/aromatic N) is 4. The first-order chi connectivity index (χ1) is 18.7. The van der Waals surface area contributed by atoms with Gasteiger partial charge in [-0.3, -0.25) is 14.4 Å². The van der Waals surface area contributed by atoms with Crippen molar-refractivity contribution in [1.82, 2.24) is 19.7 Å². The van der Waals surface area contributed by atoms with Crippen molar-refractivity contribution < 1.29 is 14.6 Å². The van der Waals surface area contributed by atoms with Crippen LogP contribution in [0.2, 0.25) is 5.02 Å². The molecule has 2 aromatic heterocycles. The summed E-state index contributed by atoms with van der Waals surface area (Å²) in [4.78, 5) is 19.9. The molecule has 0 spiro atoms. The maximum absolute atomic E-state index is 13.1. The first-order valence-corrected chi connectivity index (χ1v) is 14.5. The number of pyridine rings is 1. The monoisotopic (exact) mass is 551 g/mol. The summed E-state index contributed by atoms with van der Waals surface area (Å²) < 4.78 is 7.59. The topological polar surface area (TPSA) is 92.5 Å². The van der Waals surface area contributed by atoms with Crippen LogP contribution >= 0.6 is 11.6 Å². The van der Waals surface area contributed by atoms with Crippen molar-refractivity contribution >= 4 is 34.1 Å². The second-order valence-electron chi connectivity index (χ2n) is 12.2. The molecule has 4 atom stereocenters. The van der Waals surface area contributed by atoms with E-state index in [0.717, 1.165) is 65.9 Å². The fourth-order valence-corrected chi connectivity index (χ4v) is 6.73. The first-order valence-electron chi connectivity index (χ1n) is 14.2. The number of benzene rings is 1. The van der Waals surface area contributed by atoms with Gasteiger partial charge in [0.15, 0.2) is 0 Å². The van der Waals surface area contributed by atoms with E-state index in [-0.39, 0.29) is 23.3 Å². The summed E-state index contributed by atoms with van der Waals surface area (Å²) in [6.45, 7) is 10.1. The lowest BCUT2D eigenvalue weighted by atomic mass is 9.85. The van der Waals surface area contributed by atoms with E-state index < -0.39 is 6.10 Å². The van der Waals surface area contributed by atoms with Crippen LogP contribution in [0.15, 0.2) is 36.7 Å². The van der Waals surface area contributed by atoms with Gasteiger partial charge in [0.1, 0.15) is 5.82 Å². The molecule has 2 N–H and O–H groups in total. The fraction of sp³-hybridized carbons (Fsp3) is 0.567. The van der Waals surface area contributed by atoms with Gasteiger partial charge < -0.3 is 15.2 Å². The molecule has 1 amide bonds. The highest BCUT2D eigenvalue weighted by molar-refractivity contribution is 6.32. The van der Waals surface area contributed by atoms with E-state index in [1.165, 1.54) is 0 Å². The summed E-state index contributed by atoms with van der Waals surface area (Å²) in [6.07, 6.45) is 5.94. The van der Waals surface area contributed by atoms with Gasteiger partial charge in [-0.15, -0.1) is 0 Å². The van der Waals surface area contributed by atoms with Crippen molar-refractivity contribution in [2.75, 3.05) is 31.6 Å². The maximum Gasteiger partial charge on any atom is 0.229 e. The van der Waals surface area contributed by atoms with E-state index in [2.05, 4.69) is 47.1 Å². The predicted molar refractivity (Wildman–Crippen MR) is 152 cm³/mol. The minimum Gasteiger partial charge on any atom is -0.389 e. The van der Waals surface area contributed by atoms with Crippen molar-refractivity contribution in [2.45, 2.75) is 70.1 Å². The van der Waals surface area contributed by atoms with Gasteiger partial charge in [0, 0.05) is 46.9 Å². The zero-order chi connectivity index (χ0) is 27.3. The largest absolute Gasteiger partial charge is 0.389 e. The number of nitrogens with one attached hydrogen (secondary N) is 1. The Morgan fingerprint density at radius 1 is 1.26 bits per heavy atom. The van der Waals surface area contributed by atoms with Gasteiger partial charge in [-0.05, 0) is 86.3 Å². The number of hydrogen-bond acceptors (Lipinski definition) is 6. The molecule has 1 aromatic carbocycles. The number of fused-ring (bicyclic) bond motifs is 1. The van der Waals surface area contributed by atoms with E-state index in [4.69, 9.17) is 16.3 Å². The number of halogens is 1. The van der Waals surface area contributed by atoms with Crippen LogP contribution in [0.3, 0.4) is 0 Å². The van der Waals surface area contributed by atoms with Gasteiger partial charge in [0.25, 0.3) is 0 Å². The number of piperidine rings is 1. The molecule has 39 heavy (non-hydrogen) atoms. The Bertz CT molecular complexity index is 1370. The van der Waals surface area contributed by atoms with Crippen molar-refractivity contribution in [2.24, 2.45) is 11.8 Å². The summed E-state index contributed by atoms with van der Waals surface area (Å²) in [5.41, 5.74) is 1.97. The number of aliphatic hydroxyl groups excluding tert-OH is 1. The minimum atomic E-state index is -0.451. The number of likely N-dealkylation sites (tertiary alicyclic amines) is 1. The van der Waals surface area contributed by atoms with Crippen LogP contribution in [-0.4, -0.2) is 68.6 Å². The summed E-state index contributed by atoms with van der Waals surface area (Å²) >= 11 is 6.76. The number of anilines is 1. The van der Waals surface area contributed by atoms with Crippen molar-refractivity contribution in [1.29, 1.82) is 0 Å². The first kappa shape index (κ1) is 26.7. The molecule has 4 heterocycles. The summed E-state index contributed by atoms with van der Waals surface area (Å²) in [5, 5.41) is 20.7. The normalized spacial score (nSPS) is 27.9. The van der Waals surface area contributed by atoms with Crippen molar-refractivity contribution in [3.8, 4) is 0 Å². The lowest BCUT2D eigenvalue weighted by molar-refractivity contribution is -0.117. The number of aliphatic hydroxyl groups is 1. The van der Waals surface area contributed by atoms with Crippen molar-refractivity contribution in [3.05, 3.63) is 52.9 Å². The molecule has 0 radical (unpaired) electrons. The van der Waals surface area contributed by atoms with Crippen LogP contribution in [-0.2, 0) is 16.1 Å². The van der Waals surface area contributed by atoms with Crippen LogP contribution in [0.25, 0.3) is 10.8 Å². The molecule has 8 nitrogen and oxygen atoms in total. The molecular weight excluding hydrogens is 514 g/mol. The summed E-state index contributed by atoms with van der Waals surface area (Å²) in [7, 11) is 0. The molecule has 0 bridgehead atoms. The summed E-state index contributed by atoms with van der Waals surface area (Å²) in [6, 6.07) is 8.14. The van der Waals surface area contributed by atoms with E-state index in [9.17, 15) is 9.90 Å². The van der Waals surface area contributed by atoms with Crippen LogP contribution in [0.1, 0.15) is 63.1 Å². The van der Waals surface area contributed by atoms with Crippen molar-refractivity contribution in [3.63, 3.8) is 0 Å².